The molecule has 1 aromatic heterocycles. The van der Waals surface area contributed by atoms with E-state index in [2.05, 4.69) is 21.2 Å². The lowest BCUT2D eigenvalue weighted by Gasteiger charge is -2.09. The van der Waals surface area contributed by atoms with Crippen molar-refractivity contribution in [3.8, 4) is 16.9 Å². The molecule has 1 aliphatic rings. The fourth-order valence-electron chi connectivity index (χ4n) is 3.17. The van der Waals surface area contributed by atoms with Crippen LogP contribution in [0.25, 0.3) is 16.9 Å². The Morgan fingerprint density at radius 2 is 1.83 bits per heavy atom. The van der Waals surface area contributed by atoms with Crippen molar-refractivity contribution in [3.63, 3.8) is 0 Å². The largest absolute Gasteiger partial charge is 0.370 e. The van der Waals surface area contributed by atoms with Crippen LogP contribution < -0.4 is 5.32 Å². The molecule has 0 saturated carbocycles. The van der Waals surface area contributed by atoms with Crippen LogP contribution in [0.5, 0.6) is 0 Å². The quantitative estimate of drug-likeness (QED) is 0.657. The van der Waals surface area contributed by atoms with Gasteiger partial charge in [0.05, 0.1) is 5.69 Å². The van der Waals surface area contributed by atoms with E-state index in [0.717, 1.165) is 52.9 Å². The molecule has 3 nitrogen and oxygen atoms in total. The monoisotopic (exact) mass is 385 g/mol. The molecule has 0 unspecified atom stereocenters. The highest BCUT2D eigenvalue weighted by Gasteiger charge is 2.23. The summed E-state index contributed by atoms with van der Waals surface area (Å²) in [6.45, 7) is 0.878. The first-order valence-corrected chi connectivity index (χ1v) is 8.90. The predicted octanol–water partition coefficient (Wildman–Crippen LogP) is 5.19. The first-order valence-electron chi connectivity index (χ1n) is 8.11. The van der Waals surface area contributed by atoms with Crippen LogP contribution in [-0.4, -0.2) is 16.3 Å². The van der Waals surface area contributed by atoms with E-state index in [1.54, 1.807) is 16.8 Å². The molecule has 4 rings (SSSR count). The summed E-state index contributed by atoms with van der Waals surface area (Å²) in [5.74, 6) is 0.635. The zero-order chi connectivity index (χ0) is 16.5. The van der Waals surface area contributed by atoms with Gasteiger partial charge in [-0.3, -0.25) is 0 Å². The fraction of sp³-hybridized carbons (Fsp3) is 0.211. The third-order valence-electron chi connectivity index (χ3n) is 4.34. The highest BCUT2D eigenvalue weighted by atomic mass is 79.9. The number of rotatable bonds is 2. The second kappa shape index (κ2) is 6.40. The molecule has 0 aliphatic carbocycles. The zero-order valence-corrected chi connectivity index (χ0v) is 14.7. The predicted molar refractivity (Wildman–Crippen MR) is 98.1 cm³/mol. The Morgan fingerprint density at radius 1 is 1.04 bits per heavy atom. The molecule has 1 N–H and O–H groups in total. The maximum Gasteiger partial charge on any atom is 0.148 e. The molecule has 1 aliphatic heterocycles. The number of benzene rings is 2. The van der Waals surface area contributed by atoms with Crippen LogP contribution in [0.3, 0.4) is 0 Å². The van der Waals surface area contributed by atoms with Crippen LogP contribution in [0, 0.1) is 5.82 Å². The van der Waals surface area contributed by atoms with Crippen molar-refractivity contribution >= 4 is 21.7 Å². The van der Waals surface area contributed by atoms with E-state index in [9.17, 15) is 4.39 Å². The van der Waals surface area contributed by atoms with Gasteiger partial charge < -0.3 is 5.32 Å². The number of anilines is 1. The summed E-state index contributed by atoms with van der Waals surface area (Å²) in [6, 6.07) is 14.8. The summed E-state index contributed by atoms with van der Waals surface area (Å²) >= 11 is 3.62. The van der Waals surface area contributed by atoms with E-state index in [-0.39, 0.29) is 5.82 Å². The van der Waals surface area contributed by atoms with Gasteiger partial charge in [-0.15, -0.1) is 0 Å². The molecular weight excluding hydrogens is 369 g/mol. The number of nitrogens with zero attached hydrogens (tertiary/aromatic N) is 2. The first kappa shape index (κ1) is 15.4. The number of hydrogen-bond acceptors (Lipinski definition) is 2. The minimum atomic E-state index is -0.271. The third-order valence-corrected chi connectivity index (χ3v) is 5.03. The van der Waals surface area contributed by atoms with E-state index in [0.29, 0.717) is 5.69 Å². The Balaban J connectivity index is 1.96. The topological polar surface area (TPSA) is 29.9 Å². The standard InChI is InChI=1S/C19H17BrFN3/c20-15-9-2-1-7-13(15)18-14-8-5-6-12-22-19(14)24(23-18)17-11-4-3-10-16(17)21/h1-4,7,9-11,22H,5-6,8,12H2. The number of hydrogen-bond donors (Lipinski definition) is 1. The lowest BCUT2D eigenvalue weighted by atomic mass is 10.0. The molecule has 0 amide bonds. The van der Waals surface area contributed by atoms with Gasteiger partial charge in [0.25, 0.3) is 0 Å². The Kier molecular flexibility index (Phi) is 4.10. The summed E-state index contributed by atoms with van der Waals surface area (Å²) in [5, 5.41) is 8.23. The average Bonchev–Trinajstić information content (AvgIpc) is 2.78. The van der Waals surface area contributed by atoms with E-state index in [1.165, 1.54) is 6.07 Å². The lowest BCUT2D eigenvalue weighted by Crippen LogP contribution is -2.08. The number of para-hydroxylation sites is 1. The van der Waals surface area contributed by atoms with E-state index in [1.807, 2.05) is 30.3 Å². The minimum absolute atomic E-state index is 0.271. The van der Waals surface area contributed by atoms with Crippen LogP contribution in [0.1, 0.15) is 18.4 Å². The molecule has 3 aromatic rings. The lowest BCUT2D eigenvalue weighted by molar-refractivity contribution is 0.611. The van der Waals surface area contributed by atoms with Crippen LogP contribution in [0.2, 0.25) is 0 Å². The van der Waals surface area contributed by atoms with Crippen molar-refractivity contribution < 1.29 is 4.39 Å². The van der Waals surface area contributed by atoms with Crippen molar-refractivity contribution in [2.45, 2.75) is 19.3 Å². The molecule has 24 heavy (non-hydrogen) atoms. The molecule has 0 saturated heterocycles. The van der Waals surface area contributed by atoms with Gasteiger partial charge in [0.2, 0.25) is 0 Å². The number of halogens is 2. The smallest absolute Gasteiger partial charge is 0.148 e. The van der Waals surface area contributed by atoms with Crippen molar-refractivity contribution in [2.24, 2.45) is 0 Å². The Bertz CT molecular complexity index is 818. The molecule has 2 aromatic carbocycles. The second-order valence-corrected chi connectivity index (χ2v) is 6.76. The molecule has 0 spiro atoms. The Morgan fingerprint density at radius 3 is 2.67 bits per heavy atom. The molecular formula is C19H17BrFN3. The van der Waals surface area contributed by atoms with Crippen molar-refractivity contribution in [1.82, 2.24) is 9.78 Å². The maximum absolute atomic E-state index is 14.3. The second-order valence-electron chi connectivity index (χ2n) is 5.90. The third kappa shape index (κ3) is 2.63. The highest BCUT2D eigenvalue weighted by Crippen LogP contribution is 2.37. The van der Waals surface area contributed by atoms with Crippen molar-refractivity contribution in [3.05, 3.63) is 64.4 Å². The fourth-order valence-corrected chi connectivity index (χ4v) is 3.64. The molecule has 0 fully saturated rings. The summed E-state index contributed by atoms with van der Waals surface area (Å²) in [4.78, 5) is 0. The molecule has 5 heteroatoms. The van der Waals surface area contributed by atoms with E-state index < -0.39 is 0 Å². The summed E-state index contributed by atoms with van der Waals surface area (Å²) in [7, 11) is 0. The average molecular weight is 386 g/mol. The van der Waals surface area contributed by atoms with Crippen LogP contribution in [0.15, 0.2) is 53.0 Å². The zero-order valence-electron chi connectivity index (χ0n) is 13.1. The van der Waals surface area contributed by atoms with E-state index >= 15 is 0 Å². The van der Waals surface area contributed by atoms with Gasteiger partial charge >= 0.3 is 0 Å². The SMILES string of the molecule is Fc1ccccc1-n1nc(-c2ccccc2Br)c2c1NCCCC2. The molecule has 0 atom stereocenters. The highest BCUT2D eigenvalue weighted by molar-refractivity contribution is 9.10. The Labute approximate surface area is 148 Å². The van der Waals surface area contributed by atoms with Crippen LogP contribution in [0.4, 0.5) is 10.2 Å². The number of nitrogens with one attached hydrogen (secondary N) is 1. The molecule has 2 heterocycles. The first-order chi connectivity index (χ1) is 11.8. The van der Waals surface area contributed by atoms with Gasteiger partial charge in [-0.1, -0.05) is 46.3 Å². The number of fused-ring (bicyclic) bond motifs is 1. The summed E-state index contributed by atoms with van der Waals surface area (Å²) in [5.41, 5.74) is 3.58. The van der Waals surface area contributed by atoms with Crippen LogP contribution >= 0.6 is 15.9 Å². The van der Waals surface area contributed by atoms with Gasteiger partial charge in [0.1, 0.15) is 17.3 Å². The number of aromatic nitrogens is 2. The van der Waals surface area contributed by atoms with Crippen molar-refractivity contribution in [2.75, 3.05) is 11.9 Å². The van der Waals surface area contributed by atoms with Crippen LogP contribution in [-0.2, 0) is 6.42 Å². The molecule has 0 radical (unpaired) electrons. The van der Waals surface area contributed by atoms with Gasteiger partial charge in [-0.05, 0) is 37.5 Å². The molecule has 0 bridgehead atoms. The Hall–Kier alpha value is -2.14. The normalized spacial score (nSPS) is 13.9. The van der Waals surface area contributed by atoms with Gasteiger partial charge in [0, 0.05) is 22.1 Å². The maximum atomic E-state index is 14.3. The summed E-state index contributed by atoms with van der Waals surface area (Å²) < 4.78 is 17.0. The van der Waals surface area contributed by atoms with Gasteiger partial charge in [-0.2, -0.15) is 5.10 Å². The van der Waals surface area contributed by atoms with Gasteiger partial charge in [0.15, 0.2) is 0 Å². The summed E-state index contributed by atoms with van der Waals surface area (Å²) in [6.07, 6.45) is 3.13. The van der Waals surface area contributed by atoms with E-state index in [4.69, 9.17) is 5.10 Å². The van der Waals surface area contributed by atoms with Gasteiger partial charge in [-0.25, -0.2) is 9.07 Å². The molecule has 122 valence electrons. The minimum Gasteiger partial charge on any atom is -0.370 e. The van der Waals surface area contributed by atoms with Crippen molar-refractivity contribution in [1.29, 1.82) is 0 Å².